The van der Waals surface area contributed by atoms with Crippen molar-refractivity contribution in [2.24, 2.45) is 10.2 Å². The van der Waals surface area contributed by atoms with Crippen LogP contribution < -0.4 is 0 Å². The molecule has 0 bridgehead atoms. The Bertz CT molecular complexity index is 1120. The van der Waals surface area contributed by atoms with Gasteiger partial charge in [0.05, 0.1) is 16.6 Å². The number of nitro benzene ring substituents is 1. The van der Waals surface area contributed by atoms with E-state index in [1.54, 1.807) is 12.3 Å². The highest BCUT2D eigenvalue weighted by atomic mass is 16.6. The molecule has 0 radical (unpaired) electrons. The Morgan fingerprint density at radius 1 is 1.11 bits per heavy atom. The number of hydrogen-bond donors (Lipinski definition) is 0. The van der Waals surface area contributed by atoms with Gasteiger partial charge in [-0.3, -0.25) is 19.9 Å². The van der Waals surface area contributed by atoms with Gasteiger partial charge in [-0.2, -0.15) is 10.2 Å². The molecule has 0 aliphatic carbocycles. The Balaban J connectivity index is 1.83. The van der Waals surface area contributed by atoms with E-state index in [9.17, 15) is 14.9 Å². The molecule has 1 aliphatic rings. The average molecular weight is 358 g/mol. The first kappa shape index (κ1) is 16.7. The van der Waals surface area contributed by atoms with Crippen LogP contribution in [0.3, 0.4) is 0 Å². The van der Waals surface area contributed by atoms with Gasteiger partial charge >= 0.3 is 0 Å². The molecule has 0 N–H and O–H groups in total. The number of aromatic nitrogens is 1. The van der Waals surface area contributed by atoms with Crippen molar-refractivity contribution in [2.45, 2.75) is 12.5 Å². The monoisotopic (exact) mass is 358 g/mol. The number of nitro groups is 1. The first-order valence-electron chi connectivity index (χ1n) is 8.34. The number of carbonyl (C=O) groups excluding carboxylic acids is 1. The van der Waals surface area contributed by atoms with Crippen LogP contribution in [0.2, 0.25) is 0 Å². The van der Waals surface area contributed by atoms with Crippen LogP contribution in [0.1, 0.15) is 5.56 Å². The van der Waals surface area contributed by atoms with Gasteiger partial charge in [0.1, 0.15) is 6.04 Å². The fraction of sp³-hybridized carbons (Fsp3) is 0.100. The topological polar surface area (TPSA) is 97.8 Å². The molecule has 3 aromatic rings. The largest absolute Gasteiger partial charge is 0.292 e. The maximum Gasteiger partial charge on any atom is 0.270 e. The van der Waals surface area contributed by atoms with Crippen LogP contribution in [0.5, 0.6) is 0 Å². The number of nitrogens with zero attached hydrogens (tertiary/aromatic N) is 4. The molecule has 4 rings (SSSR count). The SMILES string of the molecule is O=C1C=CN=NC1Cc1cc(-c2cccc([N+](=O)[O-])c2)c2ncccc2c1. The summed E-state index contributed by atoms with van der Waals surface area (Å²) in [4.78, 5) is 27.2. The van der Waals surface area contributed by atoms with Crippen LogP contribution in [-0.2, 0) is 11.2 Å². The maximum atomic E-state index is 12.0. The summed E-state index contributed by atoms with van der Waals surface area (Å²) in [5.41, 5.74) is 3.14. The van der Waals surface area contributed by atoms with Crippen LogP contribution in [0.15, 0.2) is 77.2 Å². The lowest BCUT2D eigenvalue weighted by Crippen LogP contribution is -2.20. The third kappa shape index (κ3) is 3.35. The zero-order valence-electron chi connectivity index (χ0n) is 14.1. The van der Waals surface area contributed by atoms with E-state index in [1.807, 2.05) is 30.3 Å². The lowest BCUT2D eigenvalue weighted by Gasteiger charge is -2.13. The molecule has 2 heterocycles. The number of benzene rings is 2. The molecule has 1 aliphatic heterocycles. The van der Waals surface area contributed by atoms with Gasteiger partial charge in [0.15, 0.2) is 5.78 Å². The van der Waals surface area contributed by atoms with Gasteiger partial charge in [0.2, 0.25) is 0 Å². The maximum absolute atomic E-state index is 12.0. The highest BCUT2D eigenvalue weighted by molar-refractivity contribution is 5.96. The lowest BCUT2D eigenvalue weighted by atomic mass is 9.94. The summed E-state index contributed by atoms with van der Waals surface area (Å²) < 4.78 is 0. The van der Waals surface area contributed by atoms with Crippen molar-refractivity contribution in [1.29, 1.82) is 0 Å². The van der Waals surface area contributed by atoms with Crippen LogP contribution in [0, 0.1) is 10.1 Å². The molecule has 7 nitrogen and oxygen atoms in total. The van der Waals surface area contributed by atoms with Crippen molar-refractivity contribution in [2.75, 3.05) is 0 Å². The number of rotatable bonds is 4. The molecule has 1 atom stereocenters. The van der Waals surface area contributed by atoms with E-state index in [0.717, 1.165) is 22.0 Å². The zero-order chi connectivity index (χ0) is 18.8. The third-order valence-electron chi connectivity index (χ3n) is 4.40. The Morgan fingerprint density at radius 2 is 2.00 bits per heavy atom. The molecule has 1 aromatic heterocycles. The molecule has 0 fully saturated rings. The molecular weight excluding hydrogens is 344 g/mol. The van der Waals surface area contributed by atoms with E-state index in [0.29, 0.717) is 12.0 Å². The Labute approximate surface area is 154 Å². The number of pyridine rings is 1. The van der Waals surface area contributed by atoms with Gasteiger partial charge in [-0.1, -0.05) is 18.2 Å². The number of non-ortho nitro benzene ring substituents is 1. The number of hydrogen-bond acceptors (Lipinski definition) is 6. The molecule has 27 heavy (non-hydrogen) atoms. The van der Waals surface area contributed by atoms with Crippen molar-refractivity contribution in [3.8, 4) is 11.1 Å². The van der Waals surface area contributed by atoms with Crippen molar-refractivity contribution >= 4 is 22.4 Å². The van der Waals surface area contributed by atoms with Gasteiger partial charge in [0.25, 0.3) is 5.69 Å². The Morgan fingerprint density at radius 3 is 2.81 bits per heavy atom. The van der Waals surface area contributed by atoms with Crippen LogP contribution in [0.4, 0.5) is 5.69 Å². The van der Waals surface area contributed by atoms with E-state index < -0.39 is 11.0 Å². The summed E-state index contributed by atoms with van der Waals surface area (Å²) in [6.07, 6.45) is 4.89. The Hall–Kier alpha value is -3.74. The number of azo groups is 1. The fourth-order valence-corrected chi connectivity index (χ4v) is 3.14. The molecule has 1 unspecified atom stereocenters. The predicted molar refractivity (Wildman–Crippen MR) is 100 cm³/mol. The molecular formula is C20H14N4O3. The second kappa shape index (κ2) is 6.87. The summed E-state index contributed by atoms with van der Waals surface area (Å²) in [5.74, 6) is -0.0896. The van der Waals surface area contributed by atoms with Gasteiger partial charge in [-0.05, 0) is 29.3 Å². The van der Waals surface area contributed by atoms with Gasteiger partial charge in [-0.15, -0.1) is 0 Å². The average Bonchev–Trinajstić information content (AvgIpc) is 2.69. The van der Waals surface area contributed by atoms with E-state index in [2.05, 4.69) is 15.2 Å². The second-order valence-electron chi connectivity index (χ2n) is 6.19. The van der Waals surface area contributed by atoms with E-state index >= 15 is 0 Å². The summed E-state index contributed by atoms with van der Waals surface area (Å²) in [6, 6.07) is 13.5. The van der Waals surface area contributed by atoms with Crippen molar-refractivity contribution in [3.63, 3.8) is 0 Å². The molecule has 0 saturated heterocycles. The van der Waals surface area contributed by atoms with Crippen LogP contribution in [-0.4, -0.2) is 21.7 Å². The molecule has 0 amide bonds. The lowest BCUT2D eigenvalue weighted by molar-refractivity contribution is -0.384. The minimum absolute atomic E-state index is 0.0170. The quantitative estimate of drug-likeness (QED) is 0.514. The third-order valence-corrected chi connectivity index (χ3v) is 4.40. The first-order valence-corrected chi connectivity index (χ1v) is 8.34. The first-order chi connectivity index (χ1) is 13.1. The van der Waals surface area contributed by atoms with Gasteiger partial charge in [0, 0.05) is 41.8 Å². The number of fused-ring (bicyclic) bond motifs is 1. The summed E-state index contributed by atoms with van der Waals surface area (Å²) in [7, 11) is 0. The minimum atomic E-state index is -0.554. The molecule has 2 aromatic carbocycles. The van der Waals surface area contributed by atoms with E-state index in [-0.39, 0.29) is 11.5 Å². The van der Waals surface area contributed by atoms with E-state index in [4.69, 9.17) is 0 Å². The summed E-state index contributed by atoms with van der Waals surface area (Å²) in [5, 5.41) is 19.9. The van der Waals surface area contributed by atoms with Crippen molar-refractivity contribution in [1.82, 2.24) is 4.98 Å². The summed E-state index contributed by atoms with van der Waals surface area (Å²) in [6.45, 7) is 0. The number of ketones is 1. The highest BCUT2D eigenvalue weighted by Gasteiger charge is 2.19. The Kier molecular flexibility index (Phi) is 4.25. The zero-order valence-corrected chi connectivity index (χ0v) is 14.1. The fourth-order valence-electron chi connectivity index (χ4n) is 3.14. The van der Waals surface area contributed by atoms with Crippen molar-refractivity contribution in [3.05, 3.63) is 82.7 Å². The second-order valence-corrected chi connectivity index (χ2v) is 6.19. The standard InChI is InChI=1S/C20H14N4O3/c25-19-6-8-22-23-18(19)11-13-9-15-4-2-7-21-20(15)17(10-13)14-3-1-5-16(12-14)24(26)27/h1-10,12,18H,11H2. The molecule has 132 valence electrons. The van der Waals surface area contributed by atoms with Crippen molar-refractivity contribution < 1.29 is 9.72 Å². The minimum Gasteiger partial charge on any atom is -0.292 e. The van der Waals surface area contributed by atoms with E-state index in [1.165, 1.54) is 24.4 Å². The van der Waals surface area contributed by atoms with Gasteiger partial charge < -0.3 is 0 Å². The predicted octanol–water partition coefficient (Wildman–Crippen LogP) is 4.27. The highest BCUT2D eigenvalue weighted by Crippen LogP contribution is 2.31. The normalized spacial score (nSPS) is 16.0. The van der Waals surface area contributed by atoms with Crippen LogP contribution >= 0.6 is 0 Å². The molecule has 7 heteroatoms. The smallest absolute Gasteiger partial charge is 0.270 e. The molecule has 0 spiro atoms. The van der Waals surface area contributed by atoms with Crippen LogP contribution in [0.25, 0.3) is 22.0 Å². The molecule has 0 saturated carbocycles. The number of carbonyl (C=O) groups is 1. The van der Waals surface area contributed by atoms with Gasteiger partial charge in [-0.25, -0.2) is 0 Å². The summed E-state index contributed by atoms with van der Waals surface area (Å²) >= 11 is 0.